The topological polar surface area (TPSA) is 44.4 Å². The smallest absolute Gasteiger partial charge is 0.406 e. The summed E-state index contributed by atoms with van der Waals surface area (Å²) in [6.07, 6.45) is -2.99. The quantitative estimate of drug-likeness (QED) is 0.860. The molecule has 0 aliphatic carbocycles. The van der Waals surface area contributed by atoms with E-state index in [0.717, 1.165) is 31.6 Å². The Morgan fingerprint density at radius 1 is 1.04 bits per heavy atom. The van der Waals surface area contributed by atoms with E-state index in [2.05, 4.69) is 15.0 Å². The molecule has 0 amide bonds. The Morgan fingerprint density at radius 3 is 2.36 bits per heavy atom. The number of alkyl halides is 3. The number of benzene rings is 2. The van der Waals surface area contributed by atoms with Gasteiger partial charge in [-0.2, -0.15) is 0 Å². The second-order valence-electron chi connectivity index (χ2n) is 5.98. The van der Waals surface area contributed by atoms with Gasteiger partial charge in [-0.1, -0.05) is 6.07 Å². The van der Waals surface area contributed by atoms with Gasteiger partial charge < -0.3 is 15.0 Å². The molecule has 2 aromatic rings. The molecule has 0 spiro atoms. The molecule has 1 fully saturated rings. The predicted molar refractivity (Wildman–Crippen MR) is 88.6 cm³/mol. The lowest BCUT2D eigenvalue weighted by Crippen LogP contribution is -2.39. The number of hydrogen-bond acceptors (Lipinski definition) is 3. The minimum Gasteiger partial charge on any atom is -0.406 e. The summed E-state index contributed by atoms with van der Waals surface area (Å²) in [5.41, 5.74) is 1.62. The van der Waals surface area contributed by atoms with E-state index in [1.165, 1.54) is 18.2 Å². The predicted octanol–water partition coefficient (Wildman–Crippen LogP) is 4.81. The van der Waals surface area contributed by atoms with Gasteiger partial charge in [0.25, 0.3) is 0 Å². The Bertz CT molecular complexity index is 696. The van der Waals surface area contributed by atoms with E-state index in [9.17, 15) is 18.3 Å². The van der Waals surface area contributed by atoms with Gasteiger partial charge in [-0.05, 0) is 49.2 Å². The van der Waals surface area contributed by atoms with Crippen molar-refractivity contribution in [2.75, 3.05) is 23.3 Å². The lowest BCUT2D eigenvalue weighted by Gasteiger charge is -2.34. The van der Waals surface area contributed by atoms with Crippen LogP contribution in [0.4, 0.5) is 24.5 Å². The molecule has 1 aliphatic heterocycles. The SMILES string of the molecule is [O]c1ccc(N2CCC(Nc3cccc(OC(F)(F)F)c3)CC2)cc1. The number of halogens is 3. The first-order valence-corrected chi connectivity index (χ1v) is 8.03. The van der Waals surface area contributed by atoms with Crippen molar-refractivity contribution in [2.45, 2.75) is 25.2 Å². The van der Waals surface area contributed by atoms with Crippen molar-refractivity contribution in [1.82, 2.24) is 0 Å². The highest BCUT2D eigenvalue weighted by Gasteiger charge is 2.31. The summed E-state index contributed by atoms with van der Waals surface area (Å²) < 4.78 is 40.8. The maximum Gasteiger partial charge on any atom is 0.573 e. The third-order valence-electron chi connectivity index (χ3n) is 4.14. The minimum atomic E-state index is -4.69. The van der Waals surface area contributed by atoms with E-state index >= 15 is 0 Å². The van der Waals surface area contributed by atoms with Crippen molar-refractivity contribution in [3.63, 3.8) is 0 Å². The third kappa shape index (κ3) is 4.95. The molecule has 1 radical (unpaired) electrons. The van der Waals surface area contributed by atoms with Crippen LogP contribution in [0.2, 0.25) is 0 Å². The fourth-order valence-corrected chi connectivity index (χ4v) is 2.96. The second-order valence-corrected chi connectivity index (χ2v) is 5.98. The molecule has 1 aliphatic rings. The summed E-state index contributed by atoms with van der Waals surface area (Å²) in [5, 5.41) is 14.4. The van der Waals surface area contributed by atoms with E-state index in [-0.39, 0.29) is 17.5 Å². The number of anilines is 2. The van der Waals surface area contributed by atoms with E-state index in [0.29, 0.717) is 5.69 Å². The average molecular weight is 351 g/mol. The normalized spacial score (nSPS) is 15.9. The van der Waals surface area contributed by atoms with Gasteiger partial charge in [-0.15, -0.1) is 13.2 Å². The van der Waals surface area contributed by atoms with Crippen LogP contribution in [0.1, 0.15) is 12.8 Å². The summed E-state index contributed by atoms with van der Waals surface area (Å²) in [6.45, 7) is 1.63. The van der Waals surface area contributed by atoms with E-state index in [4.69, 9.17) is 0 Å². The van der Waals surface area contributed by atoms with E-state index < -0.39 is 6.36 Å². The molecule has 133 valence electrons. The lowest BCUT2D eigenvalue weighted by molar-refractivity contribution is -0.274. The van der Waals surface area contributed by atoms with Gasteiger partial charge in [-0.3, -0.25) is 5.11 Å². The lowest BCUT2D eigenvalue weighted by atomic mass is 10.0. The Balaban J connectivity index is 1.55. The molecule has 2 aromatic carbocycles. The maximum atomic E-state index is 12.3. The van der Waals surface area contributed by atoms with Crippen LogP contribution < -0.4 is 15.0 Å². The summed E-state index contributed by atoms with van der Waals surface area (Å²) in [7, 11) is 0. The van der Waals surface area contributed by atoms with Gasteiger partial charge >= 0.3 is 6.36 Å². The molecule has 1 heterocycles. The molecular weight excluding hydrogens is 333 g/mol. The molecule has 7 heteroatoms. The Labute approximate surface area is 143 Å². The summed E-state index contributed by atoms with van der Waals surface area (Å²) >= 11 is 0. The summed E-state index contributed by atoms with van der Waals surface area (Å²) in [5.74, 6) is -0.242. The number of hydrogen-bond donors (Lipinski definition) is 1. The van der Waals surface area contributed by atoms with Gasteiger partial charge in [-0.25, -0.2) is 0 Å². The zero-order chi connectivity index (χ0) is 17.9. The first-order valence-electron chi connectivity index (χ1n) is 8.03. The molecule has 0 atom stereocenters. The van der Waals surface area contributed by atoms with Crippen molar-refractivity contribution in [3.8, 4) is 11.5 Å². The monoisotopic (exact) mass is 351 g/mol. The summed E-state index contributed by atoms with van der Waals surface area (Å²) in [6, 6.07) is 12.8. The van der Waals surface area contributed by atoms with Crippen LogP contribution in [-0.4, -0.2) is 25.5 Å². The van der Waals surface area contributed by atoms with Crippen molar-refractivity contribution in [1.29, 1.82) is 0 Å². The first kappa shape index (κ1) is 17.3. The van der Waals surface area contributed by atoms with Crippen LogP contribution in [0.5, 0.6) is 11.5 Å². The van der Waals surface area contributed by atoms with Crippen molar-refractivity contribution in [2.24, 2.45) is 0 Å². The largest absolute Gasteiger partial charge is 0.573 e. The molecule has 0 saturated carbocycles. The third-order valence-corrected chi connectivity index (χ3v) is 4.14. The maximum absolute atomic E-state index is 12.3. The summed E-state index contributed by atoms with van der Waals surface area (Å²) in [4.78, 5) is 2.20. The first-order chi connectivity index (χ1) is 11.9. The minimum absolute atomic E-state index is 0.0127. The number of nitrogens with one attached hydrogen (secondary N) is 1. The number of nitrogens with zero attached hydrogens (tertiary/aromatic N) is 1. The highest BCUT2D eigenvalue weighted by Crippen LogP contribution is 2.27. The Hall–Kier alpha value is -2.57. The highest BCUT2D eigenvalue weighted by atomic mass is 19.4. The Kier molecular flexibility index (Phi) is 4.92. The van der Waals surface area contributed by atoms with Crippen LogP contribution in [0.3, 0.4) is 0 Å². The fraction of sp³-hybridized carbons (Fsp3) is 0.333. The molecule has 0 aromatic heterocycles. The standard InChI is InChI=1S/C18H18F3N2O2/c19-18(20,21)25-17-3-1-2-14(12-17)22-13-8-10-23(11-9-13)15-4-6-16(24)7-5-15/h1-7,12-13,22H,8-11H2. The zero-order valence-corrected chi connectivity index (χ0v) is 13.4. The average Bonchev–Trinajstić information content (AvgIpc) is 2.55. The van der Waals surface area contributed by atoms with Crippen LogP contribution in [-0.2, 0) is 5.11 Å². The fourth-order valence-electron chi connectivity index (χ4n) is 2.96. The molecule has 1 saturated heterocycles. The van der Waals surface area contributed by atoms with Crippen molar-refractivity contribution >= 4 is 11.4 Å². The van der Waals surface area contributed by atoms with Gasteiger partial charge in [0, 0.05) is 36.6 Å². The molecule has 3 rings (SSSR count). The van der Waals surface area contributed by atoms with Gasteiger partial charge in [0.2, 0.25) is 0 Å². The van der Waals surface area contributed by atoms with E-state index in [1.807, 2.05) is 12.1 Å². The van der Waals surface area contributed by atoms with Crippen LogP contribution in [0, 0.1) is 0 Å². The van der Waals surface area contributed by atoms with Crippen LogP contribution >= 0.6 is 0 Å². The van der Waals surface area contributed by atoms with Gasteiger partial charge in [0.05, 0.1) is 0 Å². The number of rotatable bonds is 4. The van der Waals surface area contributed by atoms with Gasteiger partial charge in [0.15, 0.2) is 5.75 Å². The Morgan fingerprint density at radius 2 is 1.72 bits per heavy atom. The van der Waals surface area contributed by atoms with Crippen molar-refractivity contribution < 1.29 is 23.0 Å². The molecule has 0 unspecified atom stereocenters. The highest BCUT2D eigenvalue weighted by molar-refractivity contribution is 5.51. The second kappa shape index (κ2) is 7.13. The number of ether oxygens (including phenoxy) is 1. The number of piperidine rings is 1. The molecule has 25 heavy (non-hydrogen) atoms. The van der Waals surface area contributed by atoms with E-state index in [1.54, 1.807) is 18.2 Å². The molecule has 4 nitrogen and oxygen atoms in total. The molecular formula is C18H18F3N2O2. The van der Waals surface area contributed by atoms with Crippen LogP contribution in [0.25, 0.3) is 0 Å². The van der Waals surface area contributed by atoms with Crippen LogP contribution in [0.15, 0.2) is 48.5 Å². The van der Waals surface area contributed by atoms with Crippen molar-refractivity contribution in [3.05, 3.63) is 48.5 Å². The van der Waals surface area contributed by atoms with Gasteiger partial charge in [0.1, 0.15) is 5.75 Å². The molecule has 1 N–H and O–H groups in total. The molecule has 0 bridgehead atoms. The zero-order valence-electron chi connectivity index (χ0n) is 13.4.